The van der Waals surface area contributed by atoms with Crippen LogP contribution in [0.25, 0.3) is 0 Å². The van der Waals surface area contributed by atoms with E-state index in [4.69, 9.17) is 11.6 Å². The van der Waals surface area contributed by atoms with Crippen molar-refractivity contribution in [1.82, 2.24) is 14.6 Å². The molecule has 9 heteroatoms. The maximum absolute atomic E-state index is 12.5. The Bertz CT molecular complexity index is 898. The largest absolute Gasteiger partial charge is 0.351 e. The van der Waals surface area contributed by atoms with Crippen molar-refractivity contribution in [2.75, 3.05) is 18.8 Å². The van der Waals surface area contributed by atoms with Crippen molar-refractivity contribution in [2.45, 2.75) is 29.3 Å². The first-order valence-corrected chi connectivity index (χ1v) is 11.4. The highest BCUT2D eigenvalue weighted by molar-refractivity contribution is 7.99. The molecular weight excluding hydrogens is 406 g/mol. The first kappa shape index (κ1) is 20.1. The molecule has 0 unspecified atom stereocenters. The molecule has 6 nitrogen and oxygen atoms in total. The fourth-order valence-electron chi connectivity index (χ4n) is 2.71. The van der Waals surface area contributed by atoms with Crippen LogP contribution < -0.4 is 5.32 Å². The smallest absolute Gasteiger partial charge is 0.244 e. The highest BCUT2D eigenvalue weighted by atomic mass is 35.5. The number of sulfonamides is 1. The van der Waals surface area contributed by atoms with E-state index in [2.05, 4.69) is 10.3 Å². The summed E-state index contributed by atoms with van der Waals surface area (Å²) in [6.07, 6.45) is 3.14. The lowest BCUT2D eigenvalue weighted by atomic mass is 10.2. The molecule has 0 aliphatic carbocycles. The van der Waals surface area contributed by atoms with Gasteiger partial charge in [-0.25, -0.2) is 13.4 Å². The molecule has 27 heavy (non-hydrogen) atoms. The van der Waals surface area contributed by atoms with E-state index in [-0.39, 0.29) is 16.6 Å². The average Bonchev–Trinajstić information content (AvgIpc) is 3.22. The van der Waals surface area contributed by atoms with Crippen molar-refractivity contribution in [3.63, 3.8) is 0 Å². The minimum atomic E-state index is -3.46. The van der Waals surface area contributed by atoms with Gasteiger partial charge >= 0.3 is 0 Å². The van der Waals surface area contributed by atoms with Crippen molar-refractivity contribution in [3.8, 4) is 0 Å². The second kappa shape index (κ2) is 9.05. The van der Waals surface area contributed by atoms with Crippen LogP contribution in [0.4, 0.5) is 0 Å². The lowest BCUT2D eigenvalue weighted by Crippen LogP contribution is -2.27. The Hall–Kier alpha value is -1.61. The third-order valence-corrected chi connectivity index (χ3v) is 7.39. The van der Waals surface area contributed by atoms with Crippen LogP contribution in [0.3, 0.4) is 0 Å². The monoisotopic (exact) mass is 425 g/mol. The normalized spacial score (nSPS) is 15.0. The van der Waals surface area contributed by atoms with Gasteiger partial charge in [-0.3, -0.25) is 4.79 Å². The molecule has 2 heterocycles. The Balaban J connectivity index is 1.51. The standard InChI is InChI=1S/C18H20ClN3O3S2/c19-16-6-2-1-5-14(16)11-20-17(23)13-26-18-8-7-15(12-21-18)27(24,25)22-9-3-4-10-22/h1-2,5-8,12H,3-4,9-11,13H2,(H,20,23). The maximum Gasteiger partial charge on any atom is 0.244 e. The zero-order valence-electron chi connectivity index (χ0n) is 14.6. The third kappa shape index (κ3) is 5.22. The van der Waals surface area contributed by atoms with Gasteiger partial charge in [0.15, 0.2) is 0 Å². The number of carbonyl (C=O) groups excluding carboxylic acids is 1. The summed E-state index contributed by atoms with van der Waals surface area (Å²) >= 11 is 7.32. The fourth-order valence-corrected chi connectivity index (χ4v) is 5.05. The summed E-state index contributed by atoms with van der Waals surface area (Å²) in [4.78, 5) is 16.4. The lowest BCUT2D eigenvalue weighted by molar-refractivity contribution is -0.118. The molecule has 1 aromatic heterocycles. The van der Waals surface area contributed by atoms with Crippen molar-refractivity contribution in [1.29, 1.82) is 0 Å². The molecule has 1 aromatic carbocycles. The van der Waals surface area contributed by atoms with Crippen molar-refractivity contribution >= 4 is 39.3 Å². The fraction of sp³-hybridized carbons (Fsp3) is 0.333. The zero-order chi connectivity index (χ0) is 19.3. The molecule has 0 saturated carbocycles. The number of carbonyl (C=O) groups is 1. The first-order chi connectivity index (χ1) is 13.0. The molecule has 0 atom stereocenters. The summed E-state index contributed by atoms with van der Waals surface area (Å²) in [6, 6.07) is 10.5. The van der Waals surface area contributed by atoms with E-state index in [1.54, 1.807) is 18.2 Å². The average molecular weight is 426 g/mol. The van der Waals surface area contributed by atoms with Gasteiger partial charge in [0.25, 0.3) is 0 Å². The van der Waals surface area contributed by atoms with Gasteiger partial charge in [-0.1, -0.05) is 41.6 Å². The first-order valence-electron chi connectivity index (χ1n) is 8.56. The minimum absolute atomic E-state index is 0.143. The lowest BCUT2D eigenvalue weighted by Gasteiger charge is -2.15. The highest BCUT2D eigenvalue weighted by Crippen LogP contribution is 2.22. The van der Waals surface area contributed by atoms with Gasteiger partial charge in [-0.15, -0.1) is 0 Å². The minimum Gasteiger partial charge on any atom is -0.351 e. The molecule has 1 aliphatic rings. The Kier molecular flexibility index (Phi) is 6.75. The molecule has 0 spiro atoms. The number of nitrogens with zero attached hydrogens (tertiary/aromatic N) is 2. The number of hydrogen-bond donors (Lipinski definition) is 1. The van der Waals surface area contributed by atoms with Gasteiger partial charge in [-0.05, 0) is 36.6 Å². The Morgan fingerprint density at radius 3 is 2.59 bits per heavy atom. The molecule has 2 aromatic rings. The van der Waals surface area contributed by atoms with E-state index >= 15 is 0 Å². The van der Waals surface area contributed by atoms with Gasteiger partial charge in [0, 0.05) is 30.9 Å². The van der Waals surface area contributed by atoms with Crippen LogP contribution in [-0.4, -0.2) is 42.5 Å². The quantitative estimate of drug-likeness (QED) is 0.690. The molecule has 3 rings (SSSR count). The number of halogens is 1. The molecular formula is C18H20ClN3O3S2. The SMILES string of the molecule is O=C(CSc1ccc(S(=O)(=O)N2CCCC2)cn1)NCc1ccccc1Cl. The molecule has 1 saturated heterocycles. The van der Waals surface area contributed by atoms with Crippen LogP contribution in [0.1, 0.15) is 18.4 Å². The summed E-state index contributed by atoms with van der Waals surface area (Å²) in [5, 5.41) is 4.02. The number of benzene rings is 1. The van der Waals surface area contributed by atoms with E-state index in [0.29, 0.717) is 29.7 Å². The maximum atomic E-state index is 12.5. The van der Waals surface area contributed by atoms with E-state index in [0.717, 1.165) is 18.4 Å². The summed E-state index contributed by atoms with van der Waals surface area (Å²) in [5.41, 5.74) is 0.854. The van der Waals surface area contributed by atoms with Crippen LogP contribution in [0.2, 0.25) is 5.02 Å². The second-order valence-corrected chi connectivity index (χ2v) is 9.44. The van der Waals surface area contributed by atoms with Crippen LogP contribution >= 0.6 is 23.4 Å². The van der Waals surface area contributed by atoms with Gasteiger partial charge < -0.3 is 5.32 Å². The van der Waals surface area contributed by atoms with E-state index < -0.39 is 10.0 Å². The molecule has 144 valence electrons. The Labute approximate surface area is 168 Å². The summed E-state index contributed by atoms with van der Waals surface area (Å²) < 4.78 is 26.4. The predicted molar refractivity (Wildman–Crippen MR) is 106 cm³/mol. The van der Waals surface area contributed by atoms with Gasteiger partial charge in [-0.2, -0.15) is 4.31 Å². The number of hydrogen-bond acceptors (Lipinski definition) is 5. The van der Waals surface area contributed by atoms with Gasteiger partial charge in [0.1, 0.15) is 4.90 Å². The number of nitrogens with one attached hydrogen (secondary N) is 1. The number of rotatable bonds is 7. The van der Waals surface area contributed by atoms with Crippen LogP contribution in [0.15, 0.2) is 52.5 Å². The highest BCUT2D eigenvalue weighted by Gasteiger charge is 2.27. The molecule has 1 fully saturated rings. The molecule has 1 amide bonds. The van der Waals surface area contributed by atoms with Crippen molar-refractivity contribution in [2.24, 2.45) is 0 Å². The molecule has 0 radical (unpaired) electrons. The van der Waals surface area contributed by atoms with E-state index in [1.165, 1.54) is 22.3 Å². The second-order valence-electron chi connectivity index (χ2n) is 6.10. The topological polar surface area (TPSA) is 79.4 Å². The zero-order valence-corrected chi connectivity index (χ0v) is 17.0. The van der Waals surface area contributed by atoms with Crippen molar-refractivity contribution in [3.05, 3.63) is 53.2 Å². The Morgan fingerprint density at radius 2 is 1.93 bits per heavy atom. The summed E-state index contributed by atoms with van der Waals surface area (Å²) in [6.45, 7) is 1.48. The predicted octanol–water partition coefficient (Wildman–Crippen LogP) is 2.93. The van der Waals surface area contributed by atoms with Crippen LogP contribution in [0, 0.1) is 0 Å². The number of aromatic nitrogens is 1. The van der Waals surface area contributed by atoms with E-state index in [1.807, 2.05) is 18.2 Å². The van der Waals surface area contributed by atoms with Gasteiger partial charge in [0.2, 0.25) is 15.9 Å². The van der Waals surface area contributed by atoms with Crippen LogP contribution in [-0.2, 0) is 21.4 Å². The number of pyridine rings is 1. The van der Waals surface area contributed by atoms with E-state index in [9.17, 15) is 13.2 Å². The summed E-state index contributed by atoms with van der Waals surface area (Å²) in [5.74, 6) is 0.0471. The van der Waals surface area contributed by atoms with Gasteiger partial charge in [0.05, 0.1) is 10.8 Å². The van der Waals surface area contributed by atoms with Crippen LogP contribution in [0.5, 0.6) is 0 Å². The number of amides is 1. The molecule has 1 N–H and O–H groups in total. The molecule has 1 aliphatic heterocycles. The third-order valence-electron chi connectivity index (χ3n) is 4.20. The summed E-state index contributed by atoms with van der Waals surface area (Å²) in [7, 11) is -3.46. The number of thioether (sulfide) groups is 1. The Morgan fingerprint density at radius 1 is 1.19 bits per heavy atom. The molecule has 0 bridgehead atoms. The van der Waals surface area contributed by atoms with Crippen molar-refractivity contribution < 1.29 is 13.2 Å².